The second-order valence-electron chi connectivity index (χ2n) is 5.54. The standard InChI is InChI=1S/C13H13IN4OS/c1-13(2,3)11-15-16-12-18(11)17-10(20-12)8-6-7(14)4-5-9(8)19/h4-6,19H,1-3H3. The Morgan fingerprint density at radius 3 is 2.70 bits per heavy atom. The molecule has 5 nitrogen and oxygen atoms in total. The summed E-state index contributed by atoms with van der Waals surface area (Å²) in [6.45, 7) is 6.22. The van der Waals surface area contributed by atoms with Gasteiger partial charge in [0.1, 0.15) is 5.75 Å². The highest BCUT2D eigenvalue weighted by molar-refractivity contribution is 14.1. The highest BCUT2D eigenvalue weighted by atomic mass is 127. The van der Waals surface area contributed by atoms with E-state index >= 15 is 0 Å². The van der Waals surface area contributed by atoms with Crippen LogP contribution < -0.4 is 0 Å². The topological polar surface area (TPSA) is 63.3 Å². The maximum atomic E-state index is 10.00. The lowest BCUT2D eigenvalue weighted by Crippen LogP contribution is -2.16. The number of hydrogen-bond acceptors (Lipinski definition) is 5. The van der Waals surface area contributed by atoms with Gasteiger partial charge >= 0.3 is 0 Å². The molecule has 0 bridgehead atoms. The molecule has 0 spiro atoms. The van der Waals surface area contributed by atoms with Gasteiger partial charge in [-0.1, -0.05) is 32.1 Å². The predicted octanol–water partition coefficient (Wildman–Crippen LogP) is 3.46. The van der Waals surface area contributed by atoms with Crippen LogP contribution in [-0.4, -0.2) is 24.9 Å². The first kappa shape index (κ1) is 13.7. The number of benzene rings is 1. The molecule has 104 valence electrons. The molecule has 0 aliphatic carbocycles. The molecule has 2 aromatic heterocycles. The van der Waals surface area contributed by atoms with Crippen LogP contribution in [0.4, 0.5) is 0 Å². The van der Waals surface area contributed by atoms with Crippen molar-refractivity contribution in [3.63, 3.8) is 0 Å². The third-order valence-corrected chi connectivity index (χ3v) is 4.45. The van der Waals surface area contributed by atoms with Crippen LogP contribution in [0.15, 0.2) is 18.2 Å². The lowest BCUT2D eigenvalue weighted by Gasteiger charge is -2.13. The third kappa shape index (κ3) is 2.28. The molecule has 3 rings (SSSR count). The highest BCUT2D eigenvalue weighted by Gasteiger charge is 2.24. The largest absolute Gasteiger partial charge is 0.507 e. The van der Waals surface area contributed by atoms with Gasteiger partial charge in [-0.15, -0.1) is 10.2 Å². The molecular formula is C13H13IN4OS. The minimum absolute atomic E-state index is 0.127. The Morgan fingerprint density at radius 1 is 1.25 bits per heavy atom. The van der Waals surface area contributed by atoms with Gasteiger partial charge in [-0.3, -0.25) is 0 Å². The second kappa shape index (κ2) is 4.66. The zero-order valence-corrected chi connectivity index (χ0v) is 14.2. The third-order valence-electron chi connectivity index (χ3n) is 2.85. The minimum Gasteiger partial charge on any atom is -0.507 e. The van der Waals surface area contributed by atoms with Crippen molar-refractivity contribution >= 4 is 38.9 Å². The van der Waals surface area contributed by atoms with Crippen LogP contribution in [0.25, 0.3) is 15.5 Å². The van der Waals surface area contributed by atoms with E-state index in [2.05, 4.69) is 58.7 Å². The molecular weight excluding hydrogens is 387 g/mol. The van der Waals surface area contributed by atoms with Crippen LogP contribution in [-0.2, 0) is 5.41 Å². The summed E-state index contributed by atoms with van der Waals surface area (Å²) >= 11 is 3.64. The molecule has 0 unspecified atom stereocenters. The monoisotopic (exact) mass is 400 g/mol. The van der Waals surface area contributed by atoms with E-state index < -0.39 is 0 Å². The van der Waals surface area contributed by atoms with E-state index in [1.54, 1.807) is 10.6 Å². The van der Waals surface area contributed by atoms with Gasteiger partial charge in [-0.25, -0.2) is 0 Å². The number of fused-ring (bicyclic) bond motifs is 1. The van der Waals surface area contributed by atoms with Gasteiger partial charge in [-0.05, 0) is 40.8 Å². The fraction of sp³-hybridized carbons (Fsp3) is 0.308. The SMILES string of the molecule is CC(C)(C)c1nnc2sc(-c3cc(I)ccc3O)nn12. The Bertz CT molecular complexity index is 787. The van der Waals surface area contributed by atoms with Crippen molar-refractivity contribution in [3.8, 4) is 16.3 Å². The Balaban J connectivity index is 2.19. The summed E-state index contributed by atoms with van der Waals surface area (Å²) in [6, 6.07) is 5.46. The van der Waals surface area contributed by atoms with Crippen molar-refractivity contribution in [2.45, 2.75) is 26.2 Å². The van der Waals surface area contributed by atoms with E-state index in [9.17, 15) is 5.11 Å². The number of hydrogen-bond donors (Lipinski definition) is 1. The van der Waals surface area contributed by atoms with Gasteiger partial charge in [0.25, 0.3) is 0 Å². The van der Waals surface area contributed by atoms with E-state index in [0.29, 0.717) is 0 Å². The Hall–Kier alpha value is -1.22. The van der Waals surface area contributed by atoms with E-state index in [-0.39, 0.29) is 11.2 Å². The maximum absolute atomic E-state index is 10.00. The fourth-order valence-electron chi connectivity index (χ4n) is 1.87. The van der Waals surface area contributed by atoms with Crippen LogP contribution >= 0.6 is 33.9 Å². The summed E-state index contributed by atoms with van der Waals surface area (Å²) in [5, 5.41) is 23.7. The average Bonchev–Trinajstić information content (AvgIpc) is 2.89. The summed E-state index contributed by atoms with van der Waals surface area (Å²) in [6.07, 6.45) is 0. The lowest BCUT2D eigenvalue weighted by molar-refractivity contribution is 0.477. The fourth-order valence-corrected chi connectivity index (χ4v) is 3.23. The molecule has 0 saturated carbocycles. The van der Waals surface area contributed by atoms with Gasteiger partial charge in [-0.2, -0.15) is 9.61 Å². The molecule has 0 amide bonds. The van der Waals surface area contributed by atoms with Crippen LogP contribution in [0.3, 0.4) is 0 Å². The summed E-state index contributed by atoms with van der Waals surface area (Å²) < 4.78 is 2.82. The van der Waals surface area contributed by atoms with Crippen LogP contribution in [0.5, 0.6) is 5.75 Å². The predicted molar refractivity (Wildman–Crippen MR) is 87.2 cm³/mol. The number of phenolic OH excluding ortho intramolecular Hbond substituents is 1. The van der Waals surface area contributed by atoms with Crippen molar-refractivity contribution < 1.29 is 5.11 Å². The normalized spacial score (nSPS) is 12.2. The number of nitrogens with zero attached hydrogens (tertiary/aromatic N) is 4. The van der Waals surface area contributed by atoms with Crippen molar-refractivity contribution in [2.24, 2.45) is 0 Å². The molecule has 2 heterocycles. The quantitative estimate of drug-likeness (QED) is 0.636. The van der Waals surface area contributed by atoms with Crippen molar-refractivity contribution in [1.82, 2.24) is 19.8 Å². The van der Waals surface area contributed by atoms with Gasteiger partial charge in [0, 0.05) is 8.99 Å². The zero-order chi connectivity index (χ0) is 14.5. The van der Waals surface area contributed by atoms with Crippen molar-refractivity contribution in [3.05, 3.63) is 27.6 Å². The molecule has 7 heteroatoms. The highest BCUT2D eigenvalue weighted by Crippen LogP contribution is 2.34. The van der Waals surface area contributed by atoms with E-state index in [1.807, 2.05) is 12.1 Å². The van der Waals surface area contributed by atoms with Crippen LogP contribution in [0.2, 0.25) is 0 Å². The van der Waals surface area contributed by atoms with E-state index in [4.69, 9.17) is 0 Å². The van der Waals surface area contributed by atoms with Gasteiger partial charge in [0.05, 0.1) is 5.56 Å². The summed E-state index contributed by atoms with van der Waals surface area (Å²) in [5.74, 6) is 1.05. The molecule has 0 aliphatic rings. The van der Waals surface area contributed by atoms with E-state index in [1.165, 1.54) is 11.3 Å². The number of aromatic hydroxyl groups is 1. The smallest absolute Gasteiger partial charge is 0.235 e. The first-order chi connectivity index (χ1) is 9.36. The average molecular weight is 400 g/mol. The van der Waals surface area contributed by atoms with Gasteiger partial charge in [0.2, 0.25) is 4.96 Å². The molecule has 0 saturated heterocycles. The lowest BCUT2D eigenvalue weighted by atomic mass is 9.96. The molecule has 0 aliphatic heterocycles. The first-order valence-electron chi connectivity index (χ1n) is 6.08. The molecule has 1 N–H and O–H groups in total. The number of phenols is 1. The van der Waals surface area contributed by atoms with Crippen molar-refractivity contribution in [1.29, 1.82) is 0 Å². The zero-order valence-electron chi connectivity index (χ0n) is 11.3. The summed E-state index contributed by atoms with van der Waals surface area (Å²) in [5.41, 5.74) is 0.602. The molecule has 3 aromatic rings. The Morgan fingerprint density at radius 2 is 2.00 bits per heavy atom. The first-order valence-corrected chi connectivity index (χ1v) is 7.97. The number of halogens is 1. The van der Waals surface area contributed by atoms with Crippen LogP contribution in [0.1, 0.15) is 26.6 Å². The molecule has 1 aromatic carbocycles. The van der Waals surface area contributed by atoms with Crippen LogP contribution in [0, 0.1) is 3.57 Å². The minimum atomic E-state index is -0.127. The molecule has 0 atom stereocenters. The summed E-state index contributed by atoms with van der Waals surface area (Å²) in [7, 11) is 0. The molecule has 0 fully saturated rings. The maximum Gasteiger partial charge on any atom is 0.235 e. The van der Waals surface area contributed by atoms with Crippen molar-refractivity contribution in [2.75, 3.05) is 0 Å². The molecule has 20 heavy (non-hydrogen) atoms. The number of aromatic nitrogens is 4. The Kier molecular flexibility index (Phi) is 3.20. The van der Waals surface area contributed by atoms with E-state index in [0.717, 1.165) is 24.9 Å². The molecule has 0 radical (unpaired) electrons. The summed E-state index contributed by atoms with van der Waals surface area (Å²) in [4.78, 5) is 0.739. The second-order valence-corrected chi connectivity index (χ2v) is 7.74. The Labute approximate surface area is 133 Å². The van der Waals surface area contributed by atoms with Gasteiger partial charge < -0.3 is 5.11 Å². The van der Waals surface area contributed by atoms with Gasteiger partial charge in [0.15, 0.2) is 10.8 Å². The number of rotatable bonds is 1.